The highest BCUT2D eigenvalue weighted by molar-refractivity contribution is 5.76. The van der Waals surface area contributed by atoms with E-state index in [0.717, 1.165) is 23.3 Å². The number of benzene rings is 2. The van der Waals surface area contributed by atoms with Gasteiger partial charge in [-0.05, 0) is 17.7 Å². The lowest BCUT2D eigenvalue weighted by Crippen LogP contribution is -1.97. The second kappa shape index (κ2) is 4.53. The van der Waals surface area contributed by atoms with Crippen molar-refractivity contribution in [2.45, 2.75) is 6.54 Å². The summed E-state index contributed by atoms with van der Waals surface area (Å²) in [6.45, 7) is 0.781. The molecule has 0 fully saturated rings. The Balaban J connectivity index is 1.98. The first kappa shape index (κ1) is 10.8. The highest BCUT2D eigenvalue weighted by Gasteiger charge is 2.04. The zero-order chi connectivity index (χ0) is 12.4. The van der Waals surface area contributed by atoms with Crippen LogP contribution in [-0.2, 0) is 6.54 Å². The molecule has 3 heteroatoms. The summed E-state index contributed by atoms with van der Waals surface area (Å²) in [6.07, 6.45) is 3.02. The fraction of sp³-hybridized carbons (Fsp3) is 0.133. The van der Waals surface area contributed by atoms with E-state index in [4.69, 9.17) is 4.74 Å². The second-order valence-corrected chi connectivity index (χ2v) is 4.14. The van der Waals surface area contributed by atoms with Crippen LogP contribution in [0.25, 0.3) is 11.0 Å². The number of ether oxygens (including phenoxy) is 1. The molecule has 3 rings (SSSR count). The van der Waals surface area contributed by atoms with Crippen molar-refractivity contribution in [3.63, 3.8) is 0 Å². The highest BCUT2D eigenvalue weighted by Crippen LogP contribution is 2.20. The zero-order valence-corrected chi connectivity index (χ0v) is 10.1. The third-order valence-electron chi connectivity index (χ3n) is 2.95. The summed E-state index contributed by atoms with van der Waals surface area (Å²) >= 11 is 0. The molecular formula is C15H13N2O. The Bertz CT molecular complexity index is 659. The van der Waals surface area contributed by atoms with Gasteiger partial charge in [-0.2, -0.15) is 0 Å². The van der Waals surface area contributed by atoms with Crippen molar-refractivity contribution in [3.05, 3.63) is 60.4 Å². The number of rotatable bonds is 3. The third-order valence-corrected chi connectivity index (χ3v) is 2.95. The number of hydrogen-bond donors (Lipinski definition) is 0. The van der Waals surface area contributed by atoms with E-state index in [2.05, 4.69) is 23.4 Å². The molecule has 3 aromatic rings. The number of nitrogens with zero attached hydrogens (tertiary/aromatic N) is 2. The van der Waals surface area contributed by atoms with Crippen LogP contribution in [0.2, 0.25) is 0 Å². The summed E-state index contributed by atoms with van der Waals surface area (Å²) in [7, 11) is 1.66. The van der Waals surface area contributed by atoms with Gasteiger partial charge in [-0.15, -0.1) is 0 Å². The van der Waals surface area contributed by atoms with Crippen LogP contribution in [0.4, 0.5) is 0 Å². The fourth-order valence-corrected chi connectivity index (χ4v) is 2.00. The molecule has 0 bridgehead atoms. The molecule has 0 spiro atoms. The van der Waals surface area contributed by atoms with E-state index in [1.807, 2.05) is 41.0 Å². The van der Waals surface area contributed by atoms with Crippen molar-refractivity contribution in [2.24, 2.45) is 0 Å². The quantitative estimate of drug-likeness (QED) is 0.700. The van der Waals surface area contributed by atoms with E-state index < -0.39 is 0 Å². The molecule has 0 amide bonds. The van der Waals surface area contributed by atoms with Crippen molar-refractivity contribution in [2.75, 3.05) is 7.11 Å². The van der Waals surface area contributed by atoms with Crippen LogP contribution in [-0.4, -0.2) is 16.7 Å². The van der Waals surface area contributed by atoms with E-state index >= 15 is 0 Å². The average Bonchev–Trinajstić information content (AvgIpc) is 2.82. The molecule has 18 heavy (non-hydrogen) atoms. The molecule has 0 aliphatic heterocycles. The number of methoxy groups -OCH3 is 1. The van der Waals surface area contributed by atoms with E-state index in [1.165, 1.54) is 5.56 Å². The monoisotopic (exact) mass is 237 g/mol. The molecule has 0 unspecified atom stereocenters. The molecular weight excluding hydrogens is 224 g/mol. The van der Waals surface area contributed by atoms with E-state index in [-0.39, 0.29) is 0 Å². The van der Waals surface area contributed by atoms with Crippen LogP contribution in [0, 0.1) is 6.33 Å². The smallest absolute Gasteiger partial charge is 0.177 e. The van der Waals surface area contributed by atoms with Gasteiger partial charge >= 0.3 is 0 Å². The lowest BCUT2D eigenvalue weighted by Gasteiger charge is -2.04. The molecule has 3 nitrogen and oxygen atoms in total. The van der Waals surface area contributed by atoms with Gasteiger partial charge in [0.15, 0.2) is 6.33 Å². The minimum absolute atomic E-state index is 0.781. The van der Waals surface area contributed by atoms with Gasteiger partial charge in [0.25, 0.3) is 0 Å². The molecule has 1 heterocycles. The molecule has 0 saturated carbocycles. The molecule has 1 aromatic heterocycles. The van der Waals surface area contributed by atoms with Gasteiger partial charge in [-0.3, -0.25) is 0 Å². The molecule has 0 aliphatic rings. The Morgan fingerprint density at radius 3 is 2.78 bits per heavy atom. The van der Waals surface area contributed by atoms with Gasteiger partial charge in [0, 0.05) is 12.6 Å². The van der Waals surface area contributed by atoms with Crippen LogP contribution < -0.4 is 4.74 Å². The Labute approximate surface area is 106 Å². The topological polar surface area (TPSA) is 27.1 Å². The summed E-state index contributed by atoms with van der Waals surface area (Å²) in [5.74, 6) is 0.820. The summed E-state index contributed by atoms with van der Waals surface area (Å²) < 4.78 is 7.20. The molecule has 0 saturated heterocycles. The SMILES string of the molecule is COc1ccc2c(c1)n[c]n2Cc1ccccc1. The molecule has 1 radical (unpaired) electrons. The van der Waals surface area contributed by atoms with Gasteiger partial charge < -0.3 is 9.30 Å². The number of aromatic nitrogens is 2. The van der Waals surface area contributed by atoms with Crippen LogP contribution in [0.5, 0.6) is 5.75 Å². The summed E-state index contributed by atoms with van der Waals surface area (Å²) in [5.41, 5.74) is 3.22. The molecule has 0 atom stereocenters. The fourth-order valence-electron chi connectivity index (χ4n) is 2.00. The van der Waals surface area contributed by atoms with Gasteiger partial charge in [0.2, 0.25) is 0 Å². The number of imidazole rings is 1. The zero-order valence-electron chi connectivity index (χ0n) is 10.1. The molecule has 89 valence electrons. The Hall–Kier alpha value is -2.29. The maximum Gasteiger partial charge on any atom is 0.177 e. The van der Waals surface area contributed by atoms with Crippen molar-refractivity contribution in [3.8, 4) is 5.75 Å². The largest absolute Gasteiger partial charge is 0.497 e. The molecule has 0 N–H and O–H groups in total. The maximum absolute atomic E-state index is 5.19. The summed E-state index contributed by atoms with van der Waals surface area (Å²) in [6, 6.07) is 16.2. The Morgan fingerprint density at radius 2 is 2.00 bits per heavy atom. The minimum atomic E-state index is 0.781. The van der Waals surface area contributed by atoms with Crippen LogP contribution in [0.3, 0.4) is 0 Å². The number of fused-ring (bicyclic) bond motifs is 1. The lowest BCUT2D eigenvalue weighted by molar-refractivity contribution is 0.415. The van der Waals surface area contributed by atoms with E-state index in [1.54, 1.807) is 7.11 Å². The summed E-state index contributed by atoms with van der Waals surface area (Å²) in [5, 5.41) is 0. The molecule has 0 aliphatic carbocycles. The van der Waals surface area contributed by atoms with Gasteiger partial charge in [-0.1, -0.05) is 30.3 Å². The van der Waals surface area contributed by atoms with Gasteiger partial charge in [-0.25, -0.2) is 4.98 Å². The Kier molecular flexibility index (Phi) is 2.73. The van der Waals surface area contributed by atoms with Crippen molar-refractivity contribution >= 4 is 11.0 Å². The first-order valence-electron chi connectivity index (χ1n) is 5.83. The lowest BCUT2D eigenvalue weighted by atomic mass is 10.2. The van der Waals surface area contributed by atoms with E-state index in [0.29, 0.717) is 0 Å². The van der Waals surface area contributed by atoms with Gasteiger partial charge in [0.05, 0.1) is 18.1 Å². The normalized spacial score (nSPS) is 10.7. The van der Waals surface area contributed by atoms with Gasteiger partial charge in [0.1, 0.15) is 5.75 Å². The standard InChI is InChI=1S/C15H13N2O/c1-18-13-7-8-15-14(9-13)16-11-17(15)10-12-5-3-2-4-6-12/h2-9H,10H2,1H3. The minimum Gasteiger partial charge on any atom is -0.497 e. The maximum atomic E-state index is 5.19. The first-order valence-corrected chi connectivity index (χ1v) is 5.83. The average molecular weight is 237 g/mol. The van der Waals surface area contributed by atoms with Crippen LogP contribution >= 0.6 is 0 Å². The summed E-state index contributed by atoms with van der Waals surface area (Å²) in [4.78, 5) is 4.28. The molecule has 2 aromatic carbocycles. The van der Waals surface area contributed by atoms with Crippen LogP contribution in [0.1, 0.15) is 5.56 Å². The predicted octanol–water partition coefficient (Wildman–Crippen LogP) is 2.89. The van der Waals surface area contributed by atoms with E-state index in [9.17, 15) is 0 Å². The first-order chi connectivity index (χ1) is 8.86. The van der Waals surface area contributed by atoms with Crippen molar-refractivity contribution in [1.82, 2.24) is 9.55 Å². The van der Waals surface area contributed by atoms with Crippen LogP contribution in [0.15, 0.2) is 48.5 Å². The predicted molar refractivity (Wildman–Crippen MR) is 70.7 cm³/mol. The Morgan fingerprint density at radius 1 is 1.17 bits per heavy atom. The highest BCUT2D eigenvalue weighted by atomic mass is 16.5. The third kappa shape index (κ3) is 1.95. The van der Waals surface area contributed by atoms with Crippen molar-refractivity contribution < 1.29 is 4.74 Å². The number of hydrogen-bond acceptors (Lipinski definition) is 2. The second-order valence-electron chi connectivity index (χ2n) is 4.14. The van der Waals surface area contributed by atoms with Crippen molar-refractivity contribution in [1.29, 1.82) is 0 Å².